The molecular weight excluding hydrogens is 420 g/mol. The summed E-state index contributed by atoms with van der Waals surface area (Å²) in [7, 11) is 0. The first-order chi connectivity index (χ1) is 9.38. The van der Waals surface area contributed by atoms with E-state index in [2.05, 4.69) is 0 Å². The third-order valence-corrected chi connectivity index (χ3v) is 1.72. The second kappa shape index (κ2) is 18.8. The molecule has 127 valence electrons. The average Bonchev–Trinajstić information content (AvgIpc) is 2.10. The van der Waals surface area contributed by atoms with Gasteiger partial charge in [-0.1, -0.05) is 41.5 Å². The first kappa shape index (κ1) is 29.7. The molecule has 0 rings (SSSR count). The van der Waals surface area contributed by atoms with E-state index >= 15 is 0 Å². The average molecular weight is 448 g/mol. The van der Waals surface area contributed by atoms with Crippen molar-refractivity contribution in [2.24, 2.45) is 17.8 Å². The van der Waals surface area contributed by atoms with Crippen molar-refractivity contribution in [3.05, 3.63) is 0 Å². The van der Waals surface area contributed by atoms with Gasteiger partial charge in [0.05, 0.1) is 0 Å². The molecule has 7 heteroatoms. The Morgan fingerprint density at radius 1 is 0.591 bits per heavy atom. The molecule has 0 fully saturated rings. The molecule has 0 N–H and O–H groups in total. The number of aliphatic carboxylic acids is 3. The monoisotopic (exact) mass is 445 g/mol. The van der Waals surface area contributed by atoms with E-state index in [0.29, 0.717) is 0 Å². The van der Waals surface area contributed by atoms with E-state index in [1.54, 1.807) is 0 Å². The van der Waals surface area contributed by atoms with Gasteiger partial charge in [-0.15, -0.1) is 0 Å². The van der Waals surface area contributed by atoms with E-state index in [1.807, 2.05) is 41.5 Å². The van der Waals surface area contributed by atoms with Crippen molar-refractivity contribution in [3.8, 4) is 0 Å². The molecule has 0 aliphatic heterocycles. The minimum atomic E-state index is -0.963. The van der Waals surface area contributed by atoms with E-state index in [1.165, 1.54) is 0 Å². The van der Waals surface area contributed by atoms with Crippen LogP contribution in [0.25, 0.3) is 0 Å². The van der Waals surface area contributed by atoms with Gasteiger partial charge in [-0.05, 0) is 37.0 Å². The number of carbonyl (C=O) groups is 3. The third kappa shape index (κ3) is 50.3. The molecular formula is C15H27NdO6. The summed E-state index contributed by atoms with van der Waals surface area (Å²) in [6, 6.07) is 0. The van der Waals surface area contributed by atoms with Crippen molar-refractivity contribution in [2.45, 2.75) is 60.8 Å². The molecule has 0 aromatic heterocycles. The topological polar surface area (TPSA) is 120 Å². The van der Waals surface area contributed by atoms with Crippen LogP contribution in [0.1, 0.15) is 60.8 Å². The van der Waals surface area contributed by atoms with Crippen LogP contribution in [0.4, 0.5) is 0 Å². The zero-order valence-electron chi connectivity index (χ0n) is 14.3. The van der Waals surface area contributed by atoms with Crippen LogP contribution in [0, 0.1) is 58.6 Å². The minimum Gasteiger partial charge on any atom is -0.550 e. The molecule has 22 heavy (non-hydrogen) atoms. The summed E-state index contributed by atoms with van der Waals surface area (Å²) in [4.78, 5) is 29.1. The zero-order valence-corrected chi connectivity index (χ0v) is 17.5. The van der Waals surface area contributed by atoms with Crippen molar-refractivity contribution < 1.29 is 70.5 Å². The van der Waals surface area contributed by atoms with Gasteiger partial charge in [0.2, 0.25) is 0 Å². The van der Waals surface area contributed by atoms with Crippen LogP contribution >= 0.6 is 0 Å². The van der Waals surface area contributed by atoms with Crippen LogP contribution < -0.4 is 15.3 Å². The Balaban J connectivity index is -0.000000108. The number of hydrogen-bond donors (Lipinski definition) is 0. The predicted octanol–water partition coefficient (Wildman–Crippen LogP) is -0.653. The smallest absolute Gasteiger partial charge is 0.550 e. The van der Waals surface area contributed by atoms with E-state index in [9.17, 15) is 29.7 Å². The Morgan fingerprint density at radius 3 is 0.727 bits per heavy atom. The zero-order chi connectivity index (χ0) is 17.6. The van der Waals surface area contributed by atoms with Crippen molar-refractivity contribution in [1.82, 2.24) is 0 Å². The summed E-state index contributed by atoms with van der Waals surface area (Å²) in [5.41, 5.74) is 0. The molecule has 0 bridgehead atoms. The van der Waals surface area contributed by atoms with Gasteiger partial charge in [-0.2, -0.15) is 0 Å². The second-order valence-electron chi connectivity index (χ2n) is 5.91. The molecule has 6 nitrogen and oxygen atoms in total. The Bertz CT molecular complexity index is 253. The van der Waals surface area contributed by atoms with Crippen LogP contribution in [-0.2, 0) is 14.4 Å². The minimum absolute atomic E-state index is 0. The Hall–Kier alpha value is -0.239. The van der Waals surface area contributed by atoms with Crippen molar-refractivity contribution >= 4 is 17.9 Å². The first-order valence-electron chi connectivity index (χ1n) is 6.97. The van der Waals surface area contributed by atoms with Crippen molar-refractivity contribution in [1.29, 1.82) is 0 Å². The van der Waals surface area contributed by atoms with Gasteiger partial charge in [0.1, 0.15) is 0 Å². The molecule has 0 atom stereocenters. The Labute approximate surface area is 166 Å². The first-order valence-corrected chi connectivity index (χ1v) is 6.97. The molecule has 0 aromatic rings. The maximum Gasteiger partial charge on any atom is 3.00 e. The molecule has 0 amide bonds. The van der Waals surface area contributed by atoms with Gasteiger partial charge < -0.3 is 29.7 Å². The van der Waals surface area contributed by atoms with Crippen LogP contribution in [0.2, 0.25) is 0 Å². The summed E-state index contributed by atoms with van der Waals surface area (Å²) in [6.45, 7) is 11.1. The molecule has 0 unspecified atom stereocenters. The number of rotatable bonds is 6. The standard InChI is InChI=1S/3C5H10O2.Nd/c3*1-4(2)3-5(6)7;/h3*4H,3H2,1-2H3,(H,6,7);/q;;;+3/p-3. The summed E-state index contributed by atoms with van der Waals surface area (Å²) < 4.78 is 0. The SMILES string of the molecule is CC(C)CC(=O)[O-].CC(C)CC(=O)[O-].CC(C)CC(=O)[O-].[Nd+3]. The predicted molar refractivity (Wildman–Crippen MR) is 73.4 cm³/mol. The van der Waals surface area contributed by atoms with Gasteiger partial charge in [0.15, 0.2) is 0 Å². The number of carboxylic acid groups (broad SMARTS) is 3. The van der Waals surface area contributed by atoms with Crippen molar-refractivity contribution in [3.63, 3.8) is 0 Å². The van der Waals surface area contributed by atoms with Crippen LogP contribution in [0.15, 0.2) is 0 Å². The third-order valence-electron chi connectivity index (χ3n) is 1.72. The molecule has 0 aromatic carbocycles. The summed E-state index contributed by atoms with van der Waals surface area (Å²) in [5, 5.41) is 29.1. The van der Waals surface area contributed by atoms with E-state index in [-0.39, 0.29) is 77.9 Å². The van der Waals surface area contributed by atoms with E-state index in [0.717, 1.165) is 0 Å². The van der Waals surface area contributed by atoms with Gasteiger partial charge in [0.25, 0.3) is 0 Å². The molecule has 0 spiro atoms. The Kier molecular flexibility index (Phi) is 25.4. The number of hydrogen-bond acceptors (Lipinski definition) is 6. The van der Waals surface area contributed by atoms with Crippen LogP contribution in [0.5, 0.6) is 0 Å². The van der Waals surface area contributed by atoms with Gasteiger partial charge >= 0.3 is 40.8 Å². The number of carbonyl (C=O) groups excluding carboxylic acids is 3. The maximum absolute atomic E-state index is 9.70. The van der Waals surface area contributed by atoms with E-state index < -0.39 is 17.9 Å². The van der Waals surface area contributed by atoms with Gasteiger partial charge in [-0.25, -0.2) is 0 Å². The quantitative estimate of drug-likeness (QED) is 0.533. The normalized spacial score (nSPS) is 9.14. The van der Waals surface area contributed by atoms with Gasteiger partial charge in [0, 0.05) is 17.9 Å². The Morgan fingerprint density at radius 2 is 0.727 bits per heavy atom. The number of carboxylic acids is 3. The molecule has 0 aliphatic rings. The molecule has 0 saturated carbocycles. The molecule has 0 aliphatic carbocycles. The van der Waals surface area contributed by atoms with Gasteiger partial charge in [-0.3, -0.25) is 0 Å². The van der Waals surface area contributed by atoms with Crippen LogP contribution in [0.3, 0.4) is 0 Å². The summed E-state index contributed by atoms with van der Waals surface area (Å²) in [5.74, 6) is -2.25. The fourth-order valence-corrected chi connectivity index (χ4v) is 1.00. The second-order valence-corrected chi connectivity index (χ2v) is 5.91. The largest absolute Gasteiger partial charge is 3.00 e. The van der Waals surface area contributed by atoms with E-state index in [4.69, 9.17) is 0 Å². The summed E-state index contributed by atoms with van der Waals surface area (Å²) in [6.07, 6.45) is 0.500. The fourth-order valence-electron chi connectivity index (χ4n) is 1.00. The van der Waals surface area contributed by atoms with Crippen LogP contribution in [-0.4, -0.2) is 17.9 Å². The molecule has 1 radical (unpaired) electrons. The maximum atomic E-state index is 9.70. The van der Waals surface area contributed by atoms with Crippen molar-refractivity contribution in [2.75, 3.05) is 0 Å². The summed E-state index contributed by atoms with van der Waals surface area (Å²) >= 11 is 0. The molecule has 0 saturated heterocycles. The fraction of sp³-hybridized carbons (Fsp3) is 0.800. The molecule has 0 heterocycles.